The summed E-state index contributed by atoms with van der Waals surface area (Å²) < 4.78 is 80.2. The molecule has 0 rings (SSSR count). The molecule has 0 saturated carbocycles. The topological polar surface area (TPSA) is 224 Å². The van der Waals surface area contributed by atoms with Gasteiger partial charge in [-0.3, -0.25) is 9.11 Å². The average molecular weight is 317 g/mol. The van der Waals surface area contributed by atoms with Crippen molar-refractivity contribution in [3.63, 3.8) is 0 Å². The number of rotatable bonds is 4. The molecule has 0 aliphatic heterocycles. The van der Waals surface area contributed by atoms with Crippen molar-refractivity contribution in [2.24, 2.45) is 0 Å². The third kappa shape index (κ3) is 17.0. The first-order valence-electron chi connectivity index (χ1n) is 2.03. The number of hydrogen-bond acceptors (Lipinski definition) is 8. The van der Waals surface area contributed by atoms with Crippen molar-refractivity contribution in [2.45, 2.75) is 0 Å². The van der Waals surface area contributed by atoms with E-state index >= 15 is 0 Å². The molecule has 16 heavy (non-hydrogen) atoms. The van der Waals surface area contributed by atoms with Gasteiger partial charge in [-0.05, 0) is 0 Å². The van der Waals surface area contributed by atoms with Crippen LogP contribution in [0.2, 0.25) is 0 Å². The maximum absolute atomic E-state index is 10.1. The zero-order valence-electron chi connectivity index (χ0n) is 7.39. The monoisotopic (exact) mass is 317 g/mol. The van der Waals surface area contributed by atoms with Crippen LogP contribution in [-0.4, -0.2) is 74.9 Å². The molecule has 0 spiro atoms. The summed E-state index contributed by atoms with van der Waals surface area (Å²) in [4.78, 5) is 0. The van der Waals surface area contributed by atoms with Crippen LogP contribution in [0.5, 0.6) is 0 Å². The molecule has 0 bridgehead atoms. The molecule has 97 valence electrons. The van der Waals surface area contributed by atoms with Crippen LogP contribution in [0, 0.1) is 0 Å². The second kappa shape index (κ2) is 7.84. The van der Waals surface area contributed by atoms with E-state index in [-0.39, 0.29) is 40.5 Å². The molecular weight excluding hydrogens is 311 g/mol. The van der Waals surface area contributed by atoms with Crippen molar-refractivity contribution in [1.29, 1.82) is 0 Å². The van der Waals surface area contributed by atoms with Gasteiger partial charge in [0.2, 0.25) is 0 Å². The summed E-state index contributed by atoms with van der Waals surface area (Å²) in [5.74, 6) is 0. The van der Waals surface area contributed by atoms with Crippen LogP contribution in [0.1, 0.15) is 0 Å². The van der Waals surface area contributed by atoms with E-state index in [1.807, 2.05) is 0 Å². The van der Waals surface area contributed by atoms with Crippen molar-refractivity contribution < 1.29 is 52.6 Å². The quantitative estimate of drug-likeness (QED) is 0.375. The molecule has 0 aromatic carbocycles. The van der Waals surface area contributed by atoms with Gasteiger partial charge in [-0.2, -0.15) is 25.3 Å². The van der Waals surface area contributed by atoms with Gasteiger partial charge < -0.3 is 11.0 Å². The summed E-state index contributed by atoms with van der Waals surface area (Å²) in [6.45, 7) is 0. The van der Waals surface area contributed by atoms with E-state index in [9.17, 15) is 25.3 Å². The van der Waals surface area contributed by atoms with Gasteiger partial charge in [-0.1, -0.05) is 7.26 Å². The molecular formula is H6NaO12S3. The van der Waals surface area contributed by atoms with Gasteiger partial charge in [0.15, 0.2) is 0 Å². The van der Waals surface area contributed by atoms with Gasteiger partial charge in [0.1, 0.15) is 0 Å². The van der Waals surface area contributed by atoms with Crippen molar-refractivity contribution in [3.8, 4) is 0 Å². The first-order valence-corrected chi connectivity index (χ1v) is 6.10. The molecule has 0 fully saturated rings. The van der Waals surface area contributed by atoms with Gasteiger partial charge in [0.25, 0.3) is 0 Å². The van der Waals surface area contributed by atoms with Gasteiger partial charge in [-0.15, -0.1) is 0 Å². The van der Waals surface area contributed by atoms with E-state index in [0.29, 0.717) is 0 Å². The number of hydrogen-bond donors (Lipinski definition) is 2. The first-order chi connectivity index (χ1) is 5.41. The fourth-order valence-electron chi connectivity index (χ4n) is 0.222. The van der Waals surface area contributed by atoms with Crippen LogP contribution in [-0.2, 0) is 38.5 Å². The molecule has 12 nitrogen and oxygen atoms in total. The summed E-state index contributed by atoms with van der Waals surface area (Å²) in [6, 6.07) is 0. The Morgan fingerprint density at radius 3 is 1.00 bits per heavy atom. The molecule has 0 aromatic heterocycles. The maximum Gasteiger partial charge on any atom is 0.432 e. The van der Waals surface area contributed by atoms with Crippen molar-refractivity contribution in [3.05, 3.63) is 0 Å². The molecule has 0 aliphatic carbocycles. The second-order valence-electron chi connectivity index (χ2n) is 1.40. The fourth-order valence-corrected chi connectivity index (χ4v) is 2.20. The van der Waals surface area contributed by atoms with E-state index in [2.05, 4.69) is 7.26 Å². The van der Waals surface area contributed by atoms with E-state index in [1.54, 1.807) is 0 Å². The average Bonchev–Trinajstić information content (AvgIpc) is 1.43. The molecule has 6 N–H and O–H groups in total. The molecule has 16 heteroatoms. The summed E-state index contributed by atoms with van der Waals surface area (Å²) >= 11 is 0. The van der Waals surface area contributed by atoms with Crippen LogP contribution >= 0.6 is 0 Å². The van der Waals surface area contributed by atoms with Gasteiger partial charge >= 0.3 is 31.2 Å². The minimum Gasteiger partial charge on any atom is -0.412 e. The minimum absolute atomic E-state index is 0. The van der Waals surface area contributed by atoms with E-state index in [0.717, 1.165) is 0 Å². The zero-order valence-corrected chi connectivity index (χ0v) is 11.8. The van der Waals surface area contributed by atoms with Crippen LogP contribution in [0.3, 0.4) is 0 Å². The van der Waals surface area contributed by atoms with Gasteiger partial charge in [-0.25, -0.2) is 0 Å². The molecule has 0 aromatic rings. The molecule has 0 atom stereocenters. The molecule has 0 heterocycles. The Hall–Kier alpha value is 0.610. The van der Waals surface area contributed by atoms with Crippen LogP contribution in [0.4, 0.5) is 0 Å². The van der Waals surface area contributed by atoms with Gasteiger partial charge in [0, 0.05) is 29.6 Å². The smallest absolute Gasteiger partial charge is 0.412 e. The van der Waals surface area contributed by atoms with Crippen molar-refractivity contribution >= 4 is 60.8 Å². The van der Waals surface area contributed by atoms with E-state index in [4.69, 9.17) is 9.11 Å². The Bertz CT molecular complexity index is 420. The Morgan fingerprint density at radius 2 is 0.875 bits per heavy atom. The first kappa shape index (κ1) is 25.5. The second-order valence-corrected chi connectivity index (χ2v) is 5.02. The minimum atomic E-state index is -5.57. The fraction of sp³-hybridized carbons (Fsp3) is 0. The Kier molecular flexibility index (Phi) is 12.5. The molecule has 0 unspecified atom stereocenters. The third-order valence-corrected chi connectivity index (χ3v) is 3.05. The van der Waals surface area contributed by atoms with E-state index < -0.39 is 31.2 Å². The third-order valence-electron chi connectivity index (χ3n) is 0.339. The Morgan fingerprint density at radius 1 is 0.688 bits per heavy atom. The molecule has 1 radical (unpaired) electrons. The SMILES string of the molecule is O.O.O=S(=O)(O)OS(=O)(=O)OS(=O)(=O)O.[Na]. The predicted molar refractivity (Wildman–Crippen MR) is 47.2 cm³/mol. The summed E-state index contributed by atoms with van der Waals surface area (Å²) in [5.41, 5.74) is 0. The normalized spacial score (nSPS) is 11.6. The molecule has 0 aliphatic rings. The molecule has 0 amide bonds. The van der Waals surface area contributed by atoms with Crippen LogP contribution in [0.15, 0.2) is 0 Å². The summed E-state index contributed by atoms with van der Waals surface area (Å²) in [6.07, 6.45) is 0. The van der Waals surface area contributed by atoms with Crippen molar-refractivity contribution in [2.75, 3.05) is 0 Å². The Balaban J connectivity index is -0.000000240. The predicted octanol–water partition coefficient (Wildman–Crippen LogP) is -4.16. The largest absolute Gasteiger partial charge is 0.432 e. The summed E-state index contributed by atoms with van der Waals surface area (Å²) in [5, 5.41) is 0. The van der Waals surface area contributed by atoms with Crippen molar-refractivity contribution in [1.82, 2.24) is 0 Å². The maximum atomic E-state index is 10.1. The van der Waals surface area contributed by atoms with Crippen LogP contribution in [0.25, 0.3) is 0 Å². The zero-order chi connectivity index (χ0) is 10.9. The van der Waals surface area contributed by atoms with E-state index in [1.165, 1.54) is 0 Å². The summed E-state index contributed by atoms with van der Waals surface area (Å²) in [7, 11) is -16.5. The standard InChI is InChI=1S/Na.H2O10S3.2H2O/c;1-11(2,3)9-13(7,8)10-12(4,5)6;;/h;(H,1,2,3)(H,4,5,6);2*1H2. The van der Waals surface area contributed by atoms with Crippen LogP contribution < -0.4 is 0 Å². The Labute approximate surface area is 113 Å². The van der Waals surface area contributed by atoms with Gasteiger partial charge in [0.05, 0.1) is 0 Å². The molecule has 0 saturated heterocycles.